The van der Waals surface area contributed by atoms with E-state index in [4.69, 9.17) is 0 Å². The average Bonchev–Trinajstić information content (AvgIpc) is 3.52. The van der Waals surface area contributed by atoms with E-state index in [1.54, 1.807) is 6.07 Å². The Kier molecular flexibility index (Phi) is 4.78. The van der Waals surface area contributed by atoms with Crippen LogP contribution in [0.5, 0.6) is 0 Å². The third-order valence-corrected chi connectivity index (χ3v) is 4.67. The molecule has 0 saturated heterocycles. The maximum atomic E-state index is 15.1. The van der Waals surface area contributed by atoms with E-state index < -0.39 is 0 Å². The molecular weight excluding hydrogens is 331 g/mol. The Balaban J connectivity index is 1.69. The van der Waals surface area contributed by atoms with Crippen molar-refractivity contribution in [1.82, 2.24) is 0 Å². The molecule has 27 heavy (non-hydrogen) atoms. The first-order valence-corrected chi connectivity index (χ1v) is 9.19. The van der Waals surface area contributed by atoms with Gasteiger partial charge in [-0.2, -0.15) is 0 Å². The quantitative estimate of drug-likeness (QED) is 0.486. The first-order valence-electron chi connectivity index (χ1n) is 9.19. The molecule has 130 valence electrons. The number of aryl methyl sites for hydroxylation is 1. The van der Waals surface area contributed by atoms with E-state index in [1.807, 2.05) is 67.6 Å². The second kappa shape index (κ2) is 7.53. The Morgan fingerprint density at radius 3 is 1.96 bits per heavy atom. The highest BCUT2D eigenvalue weighted by atomic mass is 19.1. The lowest BCUT2D eigenvalue weighted by Gasteiger charge is -2.06. The fourth-order valence-corrected chi connectivity index (χ4v) is 3.01. The Hall–Kier alpha value is -3.29. The fraction of sp³-hybridized carbons (Fsp3) is 0.154. The Labute approximate surface area is 160 Å². The molecular formula is C26H19F. The molecule has 1 saturated carbocycles. The topological polar surface area (TPSA) is 0 Å². The third kappa shape index (κ3) is 4.11. The van der Waals surface area contributed by atoms with Crippen molar-refractivity contribution in [3.63, 3.8) is 0 Å². The van der Waals surface area contributed by atoms with Crippen molar-refractivity contribution >= 4 is 0 Å². The van der Waals surface area contributed by atoms with E-state index in [2.05, 4.69) is 23.7 Å². The highest BCUT2D eigenvalue weighted by Gasteiger charge is 2.29. The molecule has 1 aliphatic carbocycles. The predicted octanol–water partition coefficient (Wildman–Crippen LogP) is 5.81. The van der Waals surface area contributed by atoms with Crippen LogP contribution in [0.25, 0.3) is 0 Å². The molecule has 4 rings (SSSR count). The minimum Gasteiger partial charge on any atom is -0.205 e. The summed E-state index contributed by atoms with van der Waals surface area (Å²) < 4.78 is 15.1. The zero-order chi connectivity index (χ0) is 18.6. The van der Waals surface area contributed by atoms with E-state index in [1.165, 1.54) is 5.56 Å². The predicted molar refractivity (Wildman–Crippen MR) is 108 cm³/mol. The Morgan fingerprint density at radius 2 is 1.30 bits per heavy atom. The van der Waals surface area contributed by atoms with Crippen molar-refractivity contribution < 1.29 is 4.39 Å². The molecule has 0 amide bonds. The maximum Gasteiger partial charge on any atom is 0.143 e. The Bertz CT molecular complexity index is 1080. The summed E-state index contributed by atoms with van der Waals surface area (Å²) in [6, 6.07) is 21.4. The molecule has 0 atom stereocenters. The van der Waals surface area contributed by atoms with Crippen LogP contribution < -0.4 is 0 Å². The third-order valence-electron chi connectivity index (χ3n) is 4.67. The molecule has 1 heteroatoms. The molecule has 1 fully saturated rings. The molecule has 3 aromatic rings. The number of benzene rings is 3. The van der Waals surface area contributed by atoms with Gasteiger partial charge in [-0.15, -0.1) is 0 Å². The minimum absolute atomic E-state index is 0.211. The van der Waals surface area contributed by atoms with Gasteiger partial charge < -0.3 is 0 Å². The lowest BCUT2D eigenvalue weighted by Crippen LogP contribution is -1.97. The van der Waals surface area contributed by atoms with Crippen LogP contribution in [0.1, 0.15) is 52.1 Å². The molecule has 0 bridgehead atoms. The number of halogens is 1. The molecule has 0 nitrogen and oxygen atoms in total. The van der Waals surface area contributed by atoms with Crippen molar-refractivity contribution in [3.8, 4) is 23.7 Å². The summed E-state index contributed by atoms with van der Waals surface area (Å²) in [4.78, 5) is 0. The second-order valence-corrected chi connectivity index (χ2v) is 6.89. The van der Waals surface area contributed by atoms with Crippen molar-refractivity contribution in [2.24, 2.45) is 0 Å². The maximum absolute atomic E-state index is 15.1. The lowest BCUT2D eigenvalue weighted by molar-refractivity contribution is 0.606. The van der Waals surface area contributed by atoms with Crippen LogP contribution in [0.15, 0.2) is 66.7 Å². The first kappa shape index (κ1) is 17.1. The van der Waals surface area contributed by atoms with E-state index in [9.17, 15) is 0 Å². The van der Waals surface area contributed by atoms with Gasteiger partial charge in [-0.3, -0.25) is 0 Å². The number of hydrogen-bond donors (Lipinski definition) is 0. The summed E-state index contributed by atoms with van der Waals surface area (Å²) in [6.07, 6.45) is 2.04. The molecule has 3 aromatic carbocycles. The van der Waals surface area contributed by atoms with Crippen LogP contribution in [-0.4, -0.2) is 0 Å². The summed E-state index contributed by atoms with van der Waals surface area (Å²) >= 11 is 0. The van der Waals surface area contributed by atoms with Gasteiger partial charge in [0.05, 0.1) is 5.56 Å². The van der Waals surface area contributed by atoms with Crippen LogP contribution in [0.3, 0.4) is 0 Å². The van der Waals surface area contributed by atoms with E-state index in [-0.39, 0.29) is 11.7 Å². The minimum atomic E-state index is -0.211. The van der Waals surface area contributed by atoms with Crippen LogP contribution >= 0.6 is 0 Å². The van der Waals surface area contributed by atoms with Gasteiger partial charge in [0.25, 0.3) is 0 Å². The van der Waals surface area contributed by atoms with Crippen molar-refractivity contribution in [1.29, 1.82) is 0 Å². The molecule has 0 heterocycles. The summed E-state index contributed by atoms with van der Waals surface area (Å²) in [5.41, 5.74) is 4.98. The first-order chi connectivity index (χ1) is 13.2. The van der Waals surface area contributed by atoms with Crippen molar-refractivity contribution in [3.05, 3.63) is 106 Å². The zero-order valence-corrected chi connectivity index (χ0v) is 15.2. The van der Waals surface area contributed by atoms with E-state index in [0.717, 1.165) is 35.1 Å². The summed E-state index contributed by atoms with van der Waals surface area (Å²) in [5.74, 6) is 12.4. The molecule has 0 aliphatic heterocycles. The Morgan fingerprint density at radius 1 is 0.704 bits per heavy atom. The van der Waals surface area contributed by atoms with E-state index >= 15 is 4.39 Å². The van der Waals surface area contributed by atoms with Crippen LogP contribution in [0, 0.1) is 36.4 Å². The SMILES string of the molecule is Cc1ccc(C#Cc2ccc(C#Cc3ccccc3)c(F)c2C2CC2)cc1. The van der Waals surface area contributed by atoms with Crippen LogP contribution in [-0.2, 0) is 0 Å². The van der Waals surface area contributed by atoms with Gasteiger partial charge in [-0.1, -0.05) is 59.6 Å². The smallest absolute Gasteiger partial charge is 0.143 e. The van der Waals surface area contributed by atoms with Gasteiger partial charge in [0.15, 0.2) is 0 Å². The molecule has 0 N–H and O–H groups in total. The summed E-state index contributed by atoms with van der Waals surface area (Å²) in [6.45, 7) is 2.05. The zero-order valence-electron chi connectivity index (χ0n) is 15.2. The van der Waals surface area contributed by atoms with Crippen molar-refractivity contribution in [2.45, 2.75) is 25.7 Å². The largest absolute Gasteiger partial charge is 0.205 e. The van der Waals surface area contributed by atoms with Gasteiger partial charge in [-0.25, -0.2) is 4.39 Å². The lowest BCUT2D eigenvalue weighted by atomic mass is 9.98. The highest BCUT2D eigenvalue weighted by molar-refractivity contribution is 5.54. The average molecular weight is 350 g/mol. The van der Waals surface area contributed by atoms with Gasteiger partial charge >= 0.3 is 0 Å². The summed E-state index contributed by atoms with van der Waals surface area (Å²) in [7, 11) is 0. The van der Waals surface area contributed by atoms with Gasteiger partial charge in [0.2, 0.25) is 0 Å². The molecule has 0 spiro atoms. The normalized spacial score (nSPS) is 12.5. The second-order valence-electron chi connectivity index (χ2n) is 6.89. The van der Waals surface area contributed by atoms with Gasteiger partial charge in [-0.05, 0) is 62.1 Å². The standard InChI is InChI=1S/C26H19F/c1-19-7-9-21(10-8-19)11-13-22-17-18-24(26(27)25(22)23-15-16-23)14-12-20-5-3-2-4-6-20/h2-10,17-18,23H,15-16H2,1H3. The number of hydrogen-bond acceptors (Lipinski definition) is 0. The molecule has 1 aliphatic rings. The molecule has 0 unspecified atom stereocenters. The highest BCUT2D eigenvalue weighted by Crippen LogP contribution is 2.43. The van der Waals surface area contributed by atoms with Gasteiger partial charge in [0.1, 0.15) is 5.82 Å². The monoisotopic (exact) mass is 350 g/mol. The number of rotatable bonds is 1. The van der Waals surface area contributed by atoms with Crippen molar-refractivity contribution in [2.75, 3.05) is 0 Å². The van der Waals surface area contributed by atoms with Crippen LogP contribution in [0.2, 0.25) is 0 Å². The van der Waals surface area contributed by atoms with Gasteiger partial charge in [0, 0.05) is 22.3 Å². The van der Waals surface area contributed by atoms with E-state index in [0.29, 0.717) is 5.56 Å². The van der Waals surface area contributed by atoms with Crippen LogP contribution in [0.4, 0.5) is 4.39 Å². The molecule has 0 radical (unpaired) electrons. The summed E-state index contributed by atoms with van der Waals surface area (Å²) in [5, 5.41) is 0. The fourth-order valence-electron chi connectivity index (χ4n) is 3.01. The molecule has 0 aromatic heterocycles.